The van der Waals surface area contributed by atoms with Crippen molar-refractivity contribution in [1.29, 1.82) is 0 Å². The van der Waals surface area contributed by atoms with Crippen LogP contribution >= 0.6 is 15.9 Å². The van der Waals surface area contributed by atoms with Crippen LogP contribution in [0.25, 0.3) is 16.7 Å². The van der Waals surface area contributed by atoms with Gasteiger partial charge in [-0.3, -0.25) is 4.57 Å². The van der Waals surface area contributed by atoms with Gasteiger partial charge in [0.2, 0.25) is 5.95 Å². The molecular weight excluding hydrogens is 309 g/mol. The molecule has 0 atom stereocenters. The van der Waals surface area contributed by atoms with Gasteiger partial charge in [-0.25, -0.2) is 9.37 Å². The van der Waals surface area contributed by atoms with Gasteiger partial charge in [-0.2, -0.15) is 0 Å². The van der Waals surface area contributed by atoms with Gasteiger partial charge in [0.1, 0.15) is 5.82 Å². The van der Waals surface area contributed by atoms with E-state index in [-0.39, 0.29) is 5.82 Å². The largest absolute Gasteiger partial charge is 0.369 e. The molecule has 96 valence electrons. The van der Waals surface area contributed by atoms with Crippen molar-refractivity contribution in [2.45, 2.75) is 6.92 Å². The Kier molecular flexibility index (Phi) is 2.78. The first-order chi connectivity index (χ1) is 9.08. The minimum Gasteiger partial charge on any atom is -0.369 e. The number of halogens is 2. The quantitative estimate of drug-likeness (QED) is 0.741. The first-order valence-electron chi connectivity index (χ1n) is 5.77. The second-order valence-corrected chi connectivity index (χ2v) is 5.20. The van der Waals surface area contributed by atoms with E-state index in [1.807, 2.05) is 31.2 Å². The van der Waals surface area contributed by atoms with Crippen molar-refractivity contribution >= 4 is 32.9 Å². The van der Waals surface area contributed by atoms with Gasteiger partial charge >= 0.3 is 0 Å². The standard InChI is InChI=1S/C14H11BrFN3/c1-8-6-9(15)10(16)7-13(8)19-12-5-3-2-4-11(12)18-14(19)17/h2-7H,1H3,(H2,17,18). The summed E-state index contributed by atoms with van der Waals surface area (Å²) in [6.07, 6.45) is 0. The smallest absolute Gasteiger partial charge is 0.205 e. The third kappa shape index (κ3) is 1.90. The highest BCUT2D eigenvalue weighted by Crippen LogP contribution is 2.28. The van der Waals surface area contributed by atoms with E-state index in [9.17, 15) is 4.39 Å². The highest BCUT2D eigenvalue weighted by Gasteiger charge is 2.13. The predicted octanol–water partition coefficient (Wildman–Crippen LogP) is 3.82. The van der Waals surface area contributed by atoms with Crippen molar-refractivity contribution in [2.24, 2.45) is 0 Å². The van der Waals surface area contributed by atoms with Gasteiger partial charge in [0.15, 0.2) is 0 Å². The zero-order valence-corrected chi connectivity index (χ0v) is 11.8. The van der Waals surface area contributed by atoms with Gasteiger partial charge in [-0.15, -0.1) is 0 Å². The number of nitrogens with two attached hydrogens (primary N) is 1. The highest BCUT2D eigenvalue weighted by molar-refractivity contribution is 9.10. The Morgan fingerprint density at radius 2 is 2.00 bits per heavy atom. The molecule has 0 aliphatic carbocycles. The molecule has 2 N–H and O–H groups in total. The zero-order valence-electron chi connectivity index (χ0n) is 10.2. The monoisotopic (exact) mass is 319 g/mol. The van der Waals surface area contributed by atoms with E-state index in [2.05, 4.69) is 20.9 Å². The van der Waals surface area contributed by atoms with Gasteiger partial charge in [0, 0.05) is 0 Å². The summed E-state index contributed by atoms with van der Waals surface area (Å²) in [5.74, 6) is 0.0313. The number of anilines is 1. The van der Waals surface area contributed by atoms with Crippen LogP contribution in [0, 0.1) is 12.7 Å². The molecule has 0 aliphatic rings. The number of benzene rings is 2. The minimum absolute atomic E-state index is 0.321. The number of nitrogen functional groups attached to an aromatic ring is 1. The van der Waals surface area contributed by atoms with Crippen LogP contribution in [0.5, 0.6) is 0 Å². The fourth-order valence-electron chi connectivity index (χ4n) is 2.17. The summed E-state index contributed by atoms with van der Waals surface area (Å²) in [5.41, 5.74) is 9.24. The maximum Gasteiger partial charge on any atom is 0.205 e. The van der Waals surface area contributed by atoms with E-state index in [0.29, 0.717) is 16.1 Å². The summed E-state index contributed by atoms with van der Waals surface area (Å²) in [5, 5.41) is 0. The van der Waals surface area contributed by atoms with E-state index >= 15 is 0 Å². The van der Waals surface area contributed by atoms with Crippen molar-refractivity contribution in [2.75, 3.05) is 5.73 Å². The Balaban J connectivity index is 2.36. The molecule has 1 heterocycles. The van der Waals surface area contributed by atoms with Crippen LogP contribution in [0.15, 0.2) is 40.9 Å². The summed E-state index contributed by atoms with van der Waals surface area (Å²) in [6.45, 7) is 1.91. The molecule has 0 saturated heterocycles. The van der Waals surface area contributed by atoms with Gasteiger partial charge < -0.3 is 5.73 Å². The summed E-state index contributed by atoms with van der Waals surface area (Å²) in [7, 11) is 0. The van der Waals surface area contributed by atoms with Crippen molar-refractivity contribution < 1.29 is 4.39 Å². The molecule has 19 heavy (non-hydrogen) atoms. The lowest BCUT2D eigenvalue weighted by atomic mass is 10.2. The van der Waals surface area contributed by atoms with E-state index in [0.717, 1.165) is 16.6 Å². The minimum atomic E-state index is -0.321. The molecule has 0 amide bonds. The Bertz CT molecular complexity index is 780. The second kappa shape index (κ2) is 4.35. The van der Waals surface area contributed by atoms with E-state index in [1.165, 1.54) is 6.07 Å². The lowest BCUT2D eigenvalue weighted by Gasteiger charge is -2.11. The van der Waals surface area contributed by atoms with E-state index in [1.54, 1.807) is 10.6 Å². The third-order valence-corrected chi connectivity index (χ3v) is 3.67. The van der Waals surface area contributed by atoms with Gasteiger partial charge in [-0.05, 0) is 52.7 Å². The van der Waals surface area contributed by atoms with Crippen LogP contribution in [0.2, 0.25) is 0 Å². The normalized spacial score (nSPS) is 11.1. The molecule has 0 aliphatic heterocycles. The summed E-state index contributed by atoms with van der Waals surface area (Å²) < 4.78 is 16.0. The van der Waals surface area contributed by atoms with Crippen molar-refractivity contribution in [3.8, 4) is 5.69 Å². The van der Waals surface area contributed by atoms with Gasteiger partial charge in [0.05, 0.1) is 21.2 Å². The number of rotatable bonds is 1. The lowest BCUT2D eigenvalue weighted by Crippen LogP contribution is -2.03. The van der Waals surface area contributed by atoms with Crippen LogP contribution in [0.1, 0.15) is 5.56 Å². The second-order valence-electron chi connectivity index (χ2n) is 4.35. The molecular formula is C14H11BrFN3. The maximum atomic E-state index is 13.8. The van der Waals surface area contributed by atoms with E-state index < -0.39 is 0 Å². The number of hydrogen-bond donors (Lipinski definition) is 1. The number of hydrogen-bond acceptors (Lipinski definition) is 2. The molecule has 0 bridgehead atoms. The van der Waals surface area contributed by atoms with Gasteiger partial charge in [0.25, 0.3) is 0 Å². The molecule has 3 rings (SSSR count). The molecule has 0 radical (unpaired) electrons. The summed E-state index contributed by atoms with van der Waals surface area (Å²) >= 11 is 3.18. The number of imidazole rings is 1. The fraction of sp³-hybridized carbons (Fsp3) is 0.0714. The first-order valence-corrected chi connectivity index (χ1v) is 6.56. The predicted molar refractivity (Wildman–Crippen MR) is 77.9 cm³/mol. The topological polar surface area (TPSA) is 43.8 Å². The molecule has 0 unspecified atom stereocenters. The number of aryl methyl sites for hydroxylation is 1. The van der Waals surface area contributed by atoms with E-state index in [4.69, 9.17) is 5.73 Å². The molecule has 0 fully saturated rings. The van der Waals surface area contributed by atoms with Gasteiger partial charge in [-0.1, -0.05) is 12.1 Å². The van der Waals surface area contributed by atoms with Crippen LogP contribution in [0.4, 0.5) is 10.3 Å². The molecule has 0 spiro atoms. The molecule has 3 nitrogen and oxygen atoms in total. The molecule has 0 saturated carbocycles. The lowest BCUT2D eigenvalue weighted by molar-refractivity contribution is 0.619. The number of para-hydroxylation sites is 2. The Hall–Kier alpha value is -1.88. The molecule has 3 aromatic rings. The maximum absolute atomic E-state index is 13.8. The zero-order chi connectivity index (χ0) is 13.6. The van der Waals surface area contributed by atoms with Crippen LogP contribution in [-0.4, -0.2) is 9.55 Å². The first kappa shape index (κ1) is 12.2. The number of fused-ring (bicyclic) bond motifs is 1. The summed E-state index contributed by atoms with van der Waals surface area (Å²) in [6, 6.07) is 10.8. The average Bonchev–Trinajstić information content (AvgIpc) is 2.70. The number of aromatic nitrogens is 2. The van der Waals surface area contributed by atoms with Crippen molar-refractivity contribution in [3.63, 3.8) is 0 Å². The fourth-order valence-corrected chi connectivity index (χ4v) is 2.63. The Morgan fingerprint density at radius 3 is 2.79 bits per heavy atom. The SMILES string of the molecule is Cc1cc(Br)c(F)cc1-n1c(N)nc2ccccc21. The molecule has 2 aromatic carbocycles. The van der Waals surface area contributed by atoms with Crippen molar-refractivity contribution in [3.05, 3.63) is 52.3 Å². The average molecular weight is 320 g/mol. The highest BCUT2D eigenvalue weighted by atomic mass is 79.9. The van der Waals surface area contributed by atoms with Crippen LogP contribution < -0.4 is 5.73 Å². The Morgan fingerprint density at radius 1 is 1.26 bits per heavy atom. The van der Waals surface area contributed by atoms with Crippen LogP contribution in [0.3, 0.4) is 0 Å². The third-order valence-electron chi connectivity index (χ3n) is 3.07. The summed E-state index contributed by atoms with van der Waals surface area (Å²) in [4.78, 5) is 4.29. The van der Waals surface area contributed by atoms with Crippen molar-refractivity contribution in [1.82, 2.24) is 9.55 Å². The molecule has 1 aromatic heterocycles. The van der Waals surface area contributed by atoms with Crippen LogP contribution in [-0.2, 0) is 0 Å². The Labute approximate surface area is 118 Å². The number of nitrogens with zero attached hydrogens (tertiary/aromatic N) is 2. The molecule has 5 heteroatoms.